The van der Waals surface area contributed by atoms with Crippen molar-refractivity contribution in [3.63, 3.8) is 0 Å². The Morgan fingerprint density at radius 1 is 0.933 bits per heavy atom. The summed E-state index contributed by atoms with van der Waals surface area (Å²) in [5, 5.41) is 4.39. The summed E-state index contributed by atoms with van der Waals surface area (Å²) in [7, 11) is -3.57. The Bertz CT molecular complexity index is 1020. The van der Waals surface area contributed by atoms with Crippen LogP contribution < -0.4 is 9.80 Å². The van der Waals surface area contributed by atoms with Crippen LogP contribution in [0.3, 0.4) is 0 Å². The molecule has 0 unspecified atom stereocenters. The van der Waals surface area contributed by atoms with Gasteiger partial charge in [-0.25, -0.2) is 13.4 Å². The third-order valence-electron chi connectivity index (χ3n) is 5.99. The molecule has 2 aromatic rings. The second-order valence-corrected chi connectivity index (χ2v) is 9.94. The van der Waals surface area contributed by atoms with E-state index < -0.39 is 10.0 Å². The quantitative estimate of drug-likeness (QED) is 0.710. The molecule has 0 N–H and O–H groups in total. The Hall–Kier alpha value is -2.20. The highest BCUT2D eigenvalue weighted by molar-refractivity contribution is 7.89. The summed E-state index contributed by atoms with van der Waals surface area (Å²) < 4.78 is 29.9. The van der Waals surface area contributed by atoms with Crippen molar-refractivity contribution < 1.29 is 8.42 Å². The number of aryl methyl sites for hydroxylation is 3. The smallest absolute Gasteiger partial charge is 0.246 e. The molecule has 2 fully saturated rings. The van der Waals surface area contributed by atoms with Crippen molar-refractivity contribution in [2.45, 2.75) is 52.0 Å². The molecular formula is C20H31N7O2S. The van der Waals surface area contributed by atoms with Crippen LogP contribution >= 0.6 is 0 Å². The van der Waals surface area contributed by atoms with Gasteiger partial charge >= 0.3 is 0 Å². The van der Waals surface area contributed by atoms with Crippen LogP contribution in [0.4, 0.5) is 11.8 Å². The maximum atomic E-state index is 13.3. The zero-order chi connectivity index (χ0) is 21.5. The first-order valence-corrected chi connectivity index (χ1v) is 12.1. The minimum atomic E-state index is -3.57. The summed E-state index contributed by atoms with van der Waals surface area (Å²) >= 11 is 0. The molecule has 0 aromatic carbocycles. The summed E-state index contributed by atoms with van der Waals surface area (Å²) in [5.74, 6) is 1.67. The first-order chi connectivity index (χ1) is 14.3. The van der Waals surface area contributed by atoms with Crippen LogP contribution in [0, 0.1) is 20.8 Å². The average Bonchev–Trinajstić information content (AvgIpc) is 3.35. The Morgan fingerprint density at radius 2 is 1.60 bits per heavy atom. The van der Waals surface area contributed by atoms with E-state index in [1.54, 1.807) is 15.9 Å². The van der Waals surface area contributed by atoms with Crippen LogP contribution in [0.15, 0.2) is 11.0 Å². The Kier molecular flexibility index (Phi) is 5.71. The summed E-state index contributed by atoms with van der Waals surface area (Å²) in [6.07, 6.45) is 2.35. The van der Waals surface area contributed by atoms with E-state index in [2.05, 4.69) is 19.9 Å². The molecule has 4 heterocycles. The fourth-order valence-electron chi connectivity index (χ4n) is 4.41. The minimum absolute atomic E-state index is 0.354. The highest BCUT2D eigenvalue weighted by Gasteiger charge is 2.33. The summed E-state index contributed by atoms with van der Waals surface area (Å²) in [4.78, 5) is 14.1. The van der Waals surface area contributed by atoms with Crippen molar-refractivity contribution >= 4 is 21.8 Å². The standard InChI is InChI=1S/C20H31N7O2S/c1-5-27-17(4)19(16(3)23-27)30(28,29)26-12-10-24(11-13-26)18-14-15(2)21-20(22-18)25-8-6-7-9-25/h14H,5-13H2,1-4H3. The van der Waals surface area contributed by atoms with Gasteiger partial charge in [0.05, 0.1) is 11.4 Å². The maximum Gasteiger partial charge on any atom is 0.246 e. The lowest BCUT2D eigenvalue weighted by Crippen LogP contribution is -2.49. The molecule has 0 amide bonds. The zero-order valence-corrected chi connectivity index (χ0v) is 19.1. The average molecular weight is 434 g/mol. The van der Waals surface area contributed by atoms with E-state index in [0.29, 0.717) is 49.0 Å². The number of anilines is 2. The second kappa shape index (κ2) is 8.14. The monoisotopic (exact) mass is 433 g/mol. The van der Waals surface area contributed by atoms with E-state index in [9.17, 15) is 8.42 Å². The maximum absolute atomic E-state index is 13.3. The van der Waals surface area contributed by atoms with Crippen molar-refractivity contribution in [1.82, 2.24) is 24.1 Å². The van der Waals surface area contributed by atoms with Crippen molar-refractivity contribution in [2.75, 3.05) is 49.1 Å². The predicted octanol–water partition coefficient (Wildman–Crippen LogP) is 1.73. The first kappa shape index (κ1) is 21.0. The van der Waals surface area contributed by atoms with E-state index in [0.717, 1.165) is 30.5 Å². The van der Waals surface area contributed by atoms with Gasteiger partial charge in [0.25, 0.3) is 0 Å². The molecule has 0 atom stereocenters. The number of hydrogen-bond acceptors (Lipinski definition) is 7. The van der Waals surface area contributed by atoms with Crippen LogP contribution in [0.5, 0.6) is 0 Å². The van der Waals surface area contributed by atoms with Gasteiger partial charge in [0.1, 0.15) is 10.7 Å². The molecule has 4 rings (SSSR count). The summed E-state index contributed by atoms with van der Waals surface area (Å²) in [6, 6.07) is 1.99. The van der Waals surface area contributed by atoms with Crippen LogP contribution in [-0.4, -0.2) is 71.7 Å². The van der Waals surface area contributed by atoms with Gasteiger partial charge in [-0.3, -0.25) is 4.68 Å². The number of piperazine rings is 1. The van der Waals surface area contributed by atoms with E-state index in [4.69, 9.17) is 4.98 Å². The molecule has 0 aliphatic carbocycles. The predicted molar refractivity (Wildman–Crippen MR) is 117 cm³/mol. The second-order valence-electron chi connectivity index (χ2n) is 8.07. The molecule has 2 aromatic heterocycles. The lowest BCUT2D eigenvalue weighted by atomic mass is 10.3. The Morgan fingerprint density at radius 3 is 2.20 bits per heavy atom. The fraction of sp³-hybridized carbons (Fsp3) is 0.650. The fourth-order valence-corrected chi connectivity index (χ4v) is 6.20. The largest absolute Gasteiger partial charge is 0.354 e. The van der Waals surface area contributed by atoms with E-state index >= 15 is 0 Å². The van der Waals surface area contributed by atoms with Gasteiger partial charge in [0, 0.05) is 57.6 Å². The molecule has 0 spiro atoms. The van der Waals surface area contributed by atoms with Crippen molar-refractivity contribution in [3.8, 4) is 0 Å². The Balaban J connectivity index is 1.51. The van der Waals surface area contributed by atoms with Crippen LogP contribution in [-0.2, 0) is 16.6 Å². The molecule has 164 valence electrons. The minimum Gasteiger partial charge on any atom is -0.354 e. The third-order valence-corrected chi connectivity index (χ3v) is 8.14. The van der Waals surface area contributed by atoms with Gasteiger partial charge < -0.3 is 9.80 Å². The van der Waals surface area contributed by atoms with E-state index in [1.165, 1.54) is 12.8 Å². The molecular weight excluding hydrogens is 402 g/mol. The molecule has 2 aliphatic heterocycles. The molecule has 10 heteroatoms. The van der Waals surface area contributed by atoms with Crippen molar-refractivity contribution in [1.29, 1.82) is 0 Å². The van der Waals surface area contributed by atoms with Crippen LogP contribution in [0.1, 0.15) is 36.8 Å². The topological polar surface area (TPSA) is 87.5 Å². The van der Waals surface area contributed by atoms with Crippen molar-refractivity contribution in [3.05, 3.63) is 23.1 Å². The van der Waals surface area contributed by atoms with E-state index in [1.807, 2.05) is 26.8 Å². The molecule has 0 saturated carbocycles. The van der Waals surface area contributed by atoms with Gasteiger partial charge in [-0.05, 0) is 40.5 Å². The van der Waals surface area contributed by atoms with Gasteiger partial charge in [-0.15, -0.1) is 0 Å². The molecule has 2 saturated heterocycles. The molecule has 9 nitrogen and oxygen atoms in total. The number of hydrogen-bond donors (Lipinski definition) is 0. The first-order valence-electron chi connectivity index (χ1n) is 10.7. The summed E-state index contributed by atoms with van der Waals surface area (Å²) in [5.41, 5.74) is 2.22. The van der Waals surface area contributed by atoms with E-state index in [-0.39, 0.29) is 0 Å². The SMILES string of the molecule is CCn1nc(C)c(S(=O)(=O)N2CCN(c3cc(C)nc(N4CCCC4)n3)CC2)c1C. The van der Waals surface area contributed by atoms with Gasteiger partial charge in [0.15, 0.2) is 0 Å². The van der Waals surface area contributed by atoms with Crippen molar-refractivity contribution in [2.24, 2.45) is 0 Å². The lowest BCUT2D eigenvalue weighted by Gasteiger charge is -2.35. The summed E-state index contributed by atoms with van der Waals surface area (Å²) in [6.45, 7) is 12.3. The Labute approximate surface area is 178 Å². The van der Waals surface area contributed by atoms with Crippen LogP contribution in [0.25, 0.3) is 0 Å². The normalized spacial score (nSPS) is 18.4. The number of nitrogens with zero attached hydrogens (tertiary/aromatic N) is 7. The highest BCUT2D eigenvalue weighted by Crippen LogP contribution is 2.26. The molecule has 0 bridgehead atoms. The third kappa shape index (κ3) is 3.78. The zero-order valence-electron chi connectivity index (χ0n) is 18.3. The highest BCUT2D eigenvalue weighted by atomic mass is 32.2. The van der Waals surface area contributed by atoms with Gasteiger partial charge in [-0.1, -0.05) is 0 Å². The lowest BCUT2D eigenvalue weighted by molar-refractivity contribution is 0.383. The number of aromatic nitrogens is 4. The molecule has 30 heavy (non-hydrogen) atoms. The van der Waals surface area contributed by atoms with Gasteiger partial charge in [-0.2, -0.15) is 14.4 Å². The number of sulfonamides is 1. The van der Waals surface area contributed by atoms with Gasteiger partial charge in [0.2, 0.25) is 16.0 Å². The number of rotatable bonds is 5. The molecule has 2 aliphatic rings. The molecule has 0 radical (unpaired) electrons. The van der Waals surface area contributed by atoms with Crippen LogP contribution in [0.2, 0.25) is 0 Å².